The normalized spacial score (nSPS) is 28.7. The number of aromatic nitrogens is 4. The molecule has 0 radical (unpaired) electrons. The number of hydrogen-bond acceptors (Lipinski definition) is 8. The van der Waals surface area contributed by atoms with E-state index in [2.05, 4.69) is 43.4 Å². The number of H-pyrrole nitrogens is 1. The molecular formula is C20H36N8O2. The molecule has 1 saturated heterocycles. The van der Waals surface area contributed by atoms with E-state index in [0.29, 0.717) is 13.0 Å². The Labute approximate surface area is 178 Å². The first-order valence-electron chi connectivity index (χ1n) is 11.4. The molecule has 10 heteroatoms. The van der Waals surface area contributed by atoms with Crippen LogP contribution in [0.15, 0.2) is 0 Å². The number of carbonyl (C=O) groups excluding carboxylic acids is 1. The van der Waals surface area contributed by atoms with Crippen LogP contribution in [0.2, 0.25) is 0 Å². The predicted molar refractivity (Wildman–Crippen MR) is 111 cm³/mol. The highest BCUT2D eigenvalue weighted by molar-refractivity contribution is 5.69. The highest BCUT2D eigenvalue weighted by atomic mass is 16.7. The van der Waals surface area contributed by atoms with E-state index in [9.17, 15) is 4.79 Å². The minimum atomic E-state index is -0.800. The molecule has 0 spiro atoms. The highest BCUT2D eigenvalue weighted by Gasteiger charge is 2.54. The van der Waals surface area contributed by atoms with Gasteiger partial charge in [0.15, 0.2) is 5.79 Å². The molecule has 4 rings (SSSR count). The van der Waals surface area contributed by atoms with Gasteiger partial charge in [-0.15, -0.1) is 10.6 Å². The first kappa shape index (κ1) is 21.5. The fourth-order valence-corrected chi connectivity index (χ4v) is 5.99. The summed E-state index contributed by atoms with van der Waals surface area (Å²) in [5, 5.41) is 17.8. The Hall–Kier alpha value is -1.78. The van der Waals surface area contributed by atoms with Crippen molar-refractivity contribution < 1.29 is 9.63 Å². The summed E-state index contributed by atoms with van der Waals surface area (Å²) in [5.74, 6) is -0.0265. The van der Waals surface area contributed by atoms with Crippen LogP contribution in [0, 0.1) is 5.41 Å². The van der Waals surface area contributed by atoms with Gasteiger partial charge in [0.2, 0.25) is 0 Å². The van der Waals surface area contributed by atoms with Gasteiger partial charge < -0.3 is 10.6 Å². The number of nitrogens with zero attached hydrogens (tertiary/aromatic N) is 4. The molecule has 1 amide bonds. The first-order chi connectivity index (χ1) is 14.5. The summed E-state index contributed by atoms with van der Waals surface area (Å²) in [5.41, 5.74) is 9.21. The van der Waals surface area contributed by atoms with Crippen LogP contribution >= 0.6 is 0 Å². The average molecular weight is 421 g/mol. The molecule has 3 fully saturated rings. The summed E-state index contributed by atoms with van der Waals surface area (Å²) in [6.45, 7) is 0.610. The minimum absolute atomic E-state index is 0.0137. The van der Waals surface area contributed by atoms with E-state index in [1.807, 2.05) is 0 Å². The highest BCUT2D eigenvalue weighted by Crippen LogP contribution is 2.45. The third-order valence-corrected chi connectivity index (χ3v) is 7.80. The maximum absolute atomic E-state index is 12.3. The van der Waals surface area contributed by atoms with Crippen molar-refractivity contribution in [2.24, 2.45) is 11.1 Å². The average Bonchev–Trinajstić information content (AvgIpc) is 3.33. The number of hydroxylamine groups is 1. The van der Waals surface area contributed by atoms with Gasteiger partial charge >= 0.3 is 6.09 Å². The summed E-state index contributed by atoms with van der Waals surface area (Å²) in [7, 11) is 2.10. The molecule has 168 valence electrons. The standard InChI is InChI=1S/C20H36N8O2/c1-28(19(11-7-2-3-8-12-19)13-16-23-26-27-24-16)20(22-17(29)30-25-20)14-18(15-21)9-5-4-6-10-18/h25H,2-15,21H2,1H3,(H,22,29)(H,23,24,26,27). The van der Waals surface area contributed by atoms with E-state index in [4.69, 9.17) is 10.6 Å². The summed E-state index contributed by atoms with van der Waals surface area (Å²) < 4.78 is 0. The number of carbonyl (C=O) groups is 1. The van der Waals surface area contributed by atoms with Crippen molar-refractivity contribution in [3.05, 3.63) is 5.82 Å². The molecule has 5 N–H and O–H groups in total. The summed E-state index contributed by atoms with van der Waals surface area (Å²) in [4.78, 5) is 19.9. The second-order valence-corrected chi connectivity index (χ2v) is 9.64. The lowest BCUT2D eigenvalue weighted by Gasteiger charge is -2.52. The molecule has 0 aromatic carbocycles. The lowest BCUT2D eigenvalue weighted by molar-refractivity contribution is -0.0983. The van der Waals surface area contributed by atoms with Gasteiger partial charge in [0, 0.05) is 18.4 Å². The number of tetrazole rings is 1. The van der Waals surface area contributed by atoms with E-state index >= 15 is 0 Å². The van der Waals surface area contributed by atoms with E-state index in [-0.39, 0.29) is 11.0 Å². The zero-order valence-electron chi connectivity index (χ0n) is 18.1. The Morgan fingerprint density at radius 2 is 1.73 bits per heavy atom. The maximum atomic E-state index is 12.3. The van der Waals surface area contributed by atoms with Gasteiger partial charge in [-0.25, -0.2) is 9.89 Å². The second kappa shape index (κ2) is 8.76. The monoisotopic (exact) mass is 420 g/mol. The van der Waals surface area contributed by atoms with Crippen molar-refractivity contribution in [2.75, 3.05) is 13.6 Å². The lowest BCUT2D eigenvalue weighted by Crippen LogP contribution is -2.70. The fourth-order valence-electron chi connectivity index (χ4n) is 5.99. The number of likely N-dealkylation sites (N-methyl/N-ethyl adjacent to an activating group) is 1. The van der Waals surface area contributed by atoms with Crippen LogP contribution in [-0.4, -0.2) is 56.5 Å². The zero-order valence-corrected chi connectivity index (χ0v) is 18.1. The van der Waals surface area contributed by atoms with E-state index < -0.39 is 11.9 Å². The summed E-state index contributed by atoms with van der Waals surface area (Å²) in [6.07, 6.45) is 13.5. The van der Waals surface area contributed by atoms with Crippen molar-refractivity contribution >= 4 is 6.09 Å². The molecular weight excluding hydrogens is 384 g/mol. The number of nitrogens with one attached hydrogen (secondary N) is 3. The van der Waals surface area contributed by atoms with Crippen molar-refractivity contribution in [3.8, 4) is 0 Å². The van der Waals surface area contributed by atoms with E-state index in [1.54, 1.807) is 0 Å². The number of rotatable bonds is 7. The van der Waals surface area contributed by atoms with Crippen molar-refractivity contribution in [1.82, 2.24) is 36.3 Å². The predicted octanol–water partition coefficient (Wildman–Crippen LogP) is 1.96. The van der Waals surface area contributed by atoms with E-state index in [1.165, 1.54) is 32.1 Å². The van der Waals surface area contributed by atoms with Crippen LogP contribution in [0.5, 0.6) is 0 Å². The van der Waals surface area contributed by atoms with Crippen LogP contribution in [0.1, 0.15) is 82.9 Å². The SMILES string of the molecule is CN(C1(Cc2nnn[nH]2)CCCCCC1)C1(CC2(CN)CCCCC2)NOC(=O)N1. The summed E-state index contributed by atoms with van der Waals surface area (Å²) >= 11 is 0. The molecule has 1 aliphatic heterocycles. The molecule has 0 bridgehead atoms. The van der Waals surface area contributed by atoms with Gasteiger partial charge in [0.1, 0.15) is 5.82 Å². The minimum Gasteiger partial charge on any atom is -0.350 e. The zero-order chi connectivity index (χ0) is 21.1. The van der Waals surface area contributed by atoms with Gasteiger partial charge in [0.05, 0.1) is 0 Å². The molecule has 2 heterocycles. The molecule has 1 atom stereocenters. The summed E-state index contributed by atoms with van der Waals surface area (Å²) in [6, 6.07) is 0. The van der Waals surface area contributed by atoms with Crippen LogP contribution in [-0.2, 0) is 11.3 Å². The molecule has 10 nitrogen and oxygen atoms in total. The first-order valence-corrected chi connectivity index (χ1v) is 11.4. The lowest BCUT2D eigenvalue weighted by atomic mass is 9.69. The van der Waals surface area contributed by atoms with Gasteiger partial charge in [-0.05, 0) is 55.1 Å². The number of aromatic amines is 1. The largest absolute Gasteiger partial charge is 0.428 e. The second-order valence-electron chi connectivity index (χ2n) is 9.64. The van der Waals surface area contributed by atoms with Crippen LogP contribution in [0.25, 0.3) is 0 Å². The van der Waals surface area contributed by atoms with Gasteiger partial charge in [-0.1, -0.05) is 44.9 Å². The maximum Gasteiger partial charge on any atom is 0.428 e. The molecule has 1 aromatic heterocycles. The number of nitrogens with two attached hydrogens (primary N) is 1. The number of hydrogen-bond donors (Lipinski definition) is 4. The molecule has 3 aliphatic rings. The smallest absolute Gasteiger partial charge is 0.350 e. The Balaban J connectivity index is 1.68. The Kier molecular flexibility index (Phi) is 6.26. The molecule has 2 saturated carbocycles. The van der Waals surface area contributed by atoms with E-state index in [0.717, 1.165) is 50.8 Å². The Bertz CT molecular complexity index is 698. The quantitative estimate of drug-likeness (QED) is 0.492. The Morgan fingerprint density at radius 1 is 1.07 bits per heavy atom. The van der Waals surface area contributed by atoms with Gasteiger partial charge in [-0.3, -0.25) is 10.2 Å². The van der Waals surface area contributed by atoms with Gasteiger partial charge in [0.25, 0.3) is 0 Å². The van der Waals surface area contributed by atoms with Crippen LogP contribution in [0.4, 0.5) is 4.79 Å². The third kappa shape index (κ3) is 4.17. The van der Waals surface area contributed by atoms with Crippen LogP contribution in [0.3, 0.4) is 0 Å². The van der Waals surface area contributed by atoms with Crippen molar-refractivity contribution in [3.63, 3.8) is 0 Å². The fraction of sp³-hybridized carbons (Fsp3) is 0.900. The topological polar surface area (TPSA) is 134 Å². The molecule has 1 aromatic rings. The number of amides is 1. The Morgan fingerprint density at radius 3 is 2.30 bits per heavy atom. The molecule has 30 heavy (non-hydrogen) atoms. The van der Waals surface area contributed by atoms with Crippen molar-refractivity contribution in [1.29, 1.82) is 0 Å². The van der Waals surface area contributed by atoms with Crippen LogP contribution < -0.4 is 16.5 Å². The molecule has 1 unspecified atom stereocenters. The van der Waals surface area contributed by atoms with Gasteiger partial charge in [-0.2, -0.15) is 0 Å². The third-order valence-electron chi connectivity index (χ3n) is 7.80. The van der Waals surface area contributed by atoms with Crippen molar-refractivity contribution in [2.45, 2.75) is 94.8 Å². The molecule has 2 aliphatic carbocycles.